The van der Waals surface area contributed by atoms with Gasteiger partial charge in [-0.15, -0.1) is 12.4 Å². The molecule has 5 heteroatoms. The van der Waals surface area contributed by atoms with Crippen LogP contribution in [0, 0.1) is 6.92 Å². The van der Waals surface area contributed by atoms with Crippen LogP contribution in [-0.4, -0.2) is 29.4 Å². The lowest BCUT2D eigenvalue weighted by Gasteiger charge is -2.38. The first-order valence-electron chi connectivity index (χ1n) is 6.83. The Morgan fingerprint density at radius 1 is 1.45 bits per heavy atom. The van der Waals surface area contributed by atoms with Crippen molar-refractivity contribution in [3.8, 4) is 0 Å². The van der Waals surface area contributed by atoms with Gasteiger partial charge in [-0.05, 0) is 56.9 Å². The van der Waals surface area contributed by atoms with E-state index in [1.807, 2.05) is 24.8 Å². The first-order chi connectivity index (χ1) is 9.00. The molecule has 2 rings (SSSR count). The maximum Gasteiger partial charge on any atom is 0.254 e. The minimum absolute atomic E-state index is 0. The largest absolute Gasteiger partial charge is 0.334 e. The second-order valence-corrected chi connectivity index (χ2v) is 5.79. The normalized spacial score (nSPS) is 20.2. The average Bonchev–Trinajstić information content (AvgIpc) is 2.41. The molecule has 1 aliphatic rings. The van der Waals surface area contributed by atoms with E-state index in [0.717, 1.165) is 31.4 Å². The summed E-state index contributed by atoms with van der Waals surface area (Å²) >= 11 is 6.01. The van der Waals surface area contributed by atoms with Crippen LogP contribution in [0.2, 0.25) is 5.02 Å². The highest BCUT2D eigenvalue weighted by Gasteiger charge is 2.29. The van der Waals surface area contributed by atoms with Crippen LogP contribution in [0.5, 0.6) is 0 Å². The number of aryl methyl sites for hydroxylation is 1. The highest BCUT2D eigenvalue weighted by molar-refractivity contribution is 6.31. The molecule has 1 fully saturated rings. The third kappa shape index (κ3) is 3.66. The predicted octanol–water partition coefficient (Wildman–Crippen LogP) is 3.41. The van der Waals surface area contributed by atoms with Crippen molar-refractivity contribution in [1.82, 2.24) is 4.90 Å². The Hall–Kier alpha value is -0.770. The molecule has 0 aliphatic carbocycles. The van der Waals surface area contributed by atoms with Gasteiger partial charge >= 0.3 is 0 Å². The molecule has 2 atom stereocenters. The molecule has 0 aromatic heterocycles. The number of amides is 1. The Labute approximate surface area is 131 Å². The summed E-state index contributed by atoms with van der Waals surface area (Å²) in [5, 5.41) is 0.693. The van der Waals surface area contributed by atoms with E-state index in [1.54, 1.807) is 12.1 Å². The zero-order chi connectivity index (χ0) is 14.0. The summed E-state index contributed by atoms with van der Waals surface area (Å²) in [5.74, 6) is 0.0711. The van der Waals surface area contributed by atoms with Crippen LogP contribution in [0.4, 0.5) is 0 Å². The number of nitrogens with zero attached hydrogens (tertiary/aromatic N) is 1. The minimum Gasteiger partial charge on any atom is -0.334 e. The number of hydrogen-bond donors (Lipinski definition) is 1. The molecule has 1 amide bonds. The van der Waals surface area contributed by atoms with Crippen molar-refractivity contribution < 1.29 is 4.79 Å². The van der Waals surface area contributed by atoms with E-state index in [1.165, 1.54) is 0 Å². The van der Waals surface area contributed by atoms with E-state index in [-0.39, 0.29) is 30.4 Å². The summed E-state index contributed by atoms with van der Waals surface area (Å²) in [5.41, 5.74) is 7.65. The highest BCUT2D eigenvalue weighted by atomic mass is 35.5. The van der Waals surface area contributed by atoms with Gasteiger partial charge in [0, 0.05) is 29.2 Å². The molecule has 2 N–H and O–H groups in total. The quantitative estimate of drug-likeness (QED) is 0.908. The zero-order valence-corrected chi connectivity index (χ0v) is 13.5. The number of rotatable bonds is 2. The fraction of sp³-hybridized carbons (Fsp3) is 0.533. The monoisotopic (exact) mass is 316 g/mol. The Morgan fingerprint density at radius 3 is 2.75 bits per heavy atom. The van der Waals surface area contributed by atoms with Gasteiger partial charge in [0.05, 0.1) is 0 Å². The summed E-state index contributed by atoms with van der Waals surface area (Å²) in [6.45, 7) is 4.69. The number of hydrogen-bond acceptors (Lipinski definition) is 2. The topological polar surface area (TPSA) is 46.3 Å². The molecular weight excluding hydrogens is 295 g/mol. The highest BCUT2D eigenvalue weighted by Crippen LogP contribution is 2.23. The van der Waals surface area contributed by atoms with E-state index in [0.29, 0.717) is 10.6 Å². The SMILES string of the molecule is Cc1cc(C(=O)N2CCCCC2C(C)N)ccc1Cl.Cl. The van der Waals surface area contributed by atoms with E-state index < -0.39 is 0 Å². The fourth-order valence-electron chi connectivity index (χ4n) is 2.70. The van der Waals surface area contributed by atoms with E-state index in [4.69, 9.17) is 17.3 Å². The van der Waals surface area contributed by atoms with Crippen LogP contribution in [-0.2, 0) is 0 Å². The van der Waals surface area contributed by atoms with Crippen molar-refractivity contribution in [3.63, 3.8) is 0 Å². The lowest BCUT2D eigenvalue weighted by atomic mass is 9.96. The standard InChI is InChI=1S/C15H21ClN2O.ClH/c1-10-9-12(6-7-13(10)16)15(19)18-8-4-3-5-14(18)11(2)17;/h6-7,9,11,14H,3-5,8,17H2,1-2H3;1H. The van der Waals surface area contributed by atoms with Crippen LogP contribution in [0.3, 0.4) is 0 Å². The van der Waals surface area contributed by atoms with Crippen molar-refractivity contribution in [2.45, 2.75) is 45.2 Å². The lowest BCUT2D eigenvalue weighted by Crippen LogP contribution is -2.51. The molecule has 1 aromatic carbocycles. The number of piperidine rings is 1. The molecule has 0 saturated carbocycles. The molecular formula is C15H22Cl2N2O. The number of carbonyl (C=O) groups is 1. The summed E-state index contributed by atoms with van der Waals surface area (Å²) < 4.78 is 0. The molecule has 1 saturated heterocycles. The Balaban J connectivity index is 0.00000200. The van der Waals surface area contributed by atoms with Crippen molar-refractivity contribution in [1.29, 1.82) is 0 Å². The van der Waals surface area contributed by atoms with Crippen molar-refractivity contribution in [2.75, 3.05) is 6.54 Å². The summed E-state index contributed by atoms with van der Waals surface area (Å²) in [6, 6.07) is 5.60. The smallest absolute Gasteiger partial charge is 0.254 e. The molecule has 1 aromatic rings. The first-order valence-corrected chi connectivity index (χ1v) is 7.21. The molecule has 20 heavy (non-hydrogen) atoms. The van der Waals surface area contributed by atoms with Gasteiger partial charge in [-0.2, -0.15) is 0 Å². The van der Waals surface area contributed by atoms with Crippen LogP contribution >= 0.6 is 24.0 Å². The van der Waals surface area contributed by atoms with Gasteiger partial charge in [0.15, 0.2) is 0 Å². The minimum atomic E-state index is 0. The zero-order valence-electron chi connectivity index (χ0n) is 11.9. The molecule has 0 spiro atoms. The second kappa shape index (κ2) is 7.30. The van der Waals surface area contributed by atoms with Crippen LogP contribution in [0.25, 0.3) is 0 Å². The third-order valence-corrected chi connectivity index (χ3v) is 4.25. The average molecular weight is 317 g/mol. The number of benzene rings is 1. The number of halogens is 2. The fourth-order valence-corrected chi connectivity index (χ4v) is 2.82. The van der Waals surface area contributed by atoms with Crippen LogP contribution in [0.15, 0.2) is 18.2 Å². The Morgan fingerprint density at radius 2 is 2.15 bits per heavy atom. The molecule has 1 heterocycles. The van der Waals surface area contributed by atoms with Gasteiger partial charge < -0.3 is 10.6 Å². The number of nitrogens with two attached hydrogens (primary N) is 1. The van der Waals surface area contributed by atoms with Crippen molar-refractivity contribution in [2.24, 2.45) is 5.73 Å². The first kappa shape index (κ1) is 17.3. The Bertz CT molecular complexity index is 477. The van der Waals surface area contributed by atoms with Crippen molar-refractivity contribution >= 4 is 29.9 Å². The van der Waals surface area contributed by atoms with E-state index >= 15 is 0 Å². The van der Waals surface area contributed by atoms with Gasteiger partial charge in [0.1, 0.15) is 0 Å². The van der Waals surface area contributed by atoms with Gasteiger partial charge in [-0.3, -0.25) is 4.79 Å². The maximum atomic E-state index is 12.6. The van der Waals surface area contributed by atoms with Gasteiger partial charge in [-0.25, -0.2) is 0 Å². The van der Waals surface area contributed by atoms with Gasteiger partial charge in [-0.1, -0.05) is 11.6 Å². The molecule has 3 nitrogen and oxygen atoms in total. The summed E-state index contributed by atoms with van der Waals surface area (Å²) in [4.78, 5) is 14.5. The van der Waals surface area contributed by atoms with Gasteiger partial charge in [0.2, 0.25) is 0 Å². The lowest BCUT2D eigenvalue weighted by molar-refractivity contribution is 0.0583. The Kier molecular flexibility index (Phi) is 6.31. The number of carbonyl (C=O) groups excluding carboxylic acids is 1. The predicted molar refractivity (Wildman–Crippen MR) is 85.8 cm³/mol. The summed E-state index contributed by atoms with van der Waals surface area (Å²) in [7, 11) is 0. The second-order valence-electron chi connectivity index (χ2n) is 5.38. The number of likely N-dealkylation sites (tertiary alicyclic amines) is 1. The molecule has 0 radical (unpaired) electrons. The van der Waals surface area contributed by atoms with Crippen molar-refractivity contribution in [3.05, 3.63) is 34.3 Å². The molecule has 0 bridgehead atoms. The maximum absolute atomic E-state index is 12.6. The van der Waals surface area contributed by atoms with E-state index in [2.05, 4.69) is 0 Å². The van der Waals surface area contributed by atoms with E-state index in [9.17, 15) is 4.79 Å². The molecule has 112 valence electrons. The van der Waals surface area contributed by atoms with Crippen LogP contribution < -0.4 is 5.73 Å². The van der Waals surface area contributed by atoms with Gasteiger partial charge in [0.25, 0.3) is 5.91 Å². The summed E-state index contributed by atoms with van der Waals surface area (Å²) in [6.07, 6.45) is 3.20. The molecule has 2 unspecified atom stereocenters. The third-order valence-electron chi connectivity index (χ3n) is 3.82. The van der Waals surface area contributed by atoms with Crippen LogP contribution in [0.1, 0.15) is 42.1 Å². The molecule has 1 aliphatic heterocycles.